The smallest absolute Gasteiger partial charge is 0.0702 e. The Bertz CT molecular complexity index is 299. The second-order valence-corrected chi connectivity index (χ2v) is 7.59. The summed E-state index contributed by atoms with van der Waals surface area (Å²) in [6, 6.07) is 0. The van der Waals surface area contributed by atoms with Gasteiger partial charge in [0.2, 0.25) is 0 Å². The van der Waals surface area contributed by atoms with E-state index >= 15 is 0 Å². The predicted octanol–water partition coefficient (Wildman–Crippen LogP) is 2.64. The van der Waals surface area contributed by atoms with Crippen molar-refractivity contribution in [3.05, 3.63) is 0 Å². The van der Waals surface area contributed by atoms with Gasteiger partial charge in [0.1, 0.15) is 0 Å². The maximum Gasteiger partial charge on any atom is 0.0702 e. The molecule has 3 nitrogen and oxygen atoms in total. The van der Waals surface area contributed by atoms with Gasteiger partial charge in [-0.2, -0.15) is 0 Å². The van der Waals surface area contributed by atoms with Crippen molar-refractivity contribution in [2.75, 3.05) is 26.7 Å². The molecule has 2 N–H and O–H groups in total. The maximum atomic E-state index is 6.21. The molecule has 0 amide bonds. The number of hydrogen-bond donors (Lipinski definition) is 1. The van der Waals surface area contributed by atoms with Crippen molar-refractivity contribution in [1.82, 2.24) is 4.90 Å². The predicted molar refractivity (Wildman–Crippen MR) is 80.2 cm³/mol. The molecule has 19 heavy (non-hydrogen) atoms. The molecule has 2 fully saturated rings. The fourth-order valence-electron chi connectivity index (χ4n) is 4.22. The lowest BCUT2D eigenvalue weighted by Gasteiger charge is -2.53. The highest BCUT2D eigenvalue weighted by Gasteiger charge is 2.45. The van der Waals surface area contributed by atoms with E-state index in [9.17, 15) is 0 Å². The lowest BCUT2D eigenvalue weighted by Crippen LogP contribution is -2.60. The van der Waals surface area contributed by atoms with Crippen molar-refractivity contribution in [3.8, 4) is 0 Å². The van der Waals surface area contributed by atoms with Gasteiger partial charge in [-0.15, -0.1) is 0 Å². The summed E-state index contributed by atoms with van der Waals surface area (Å²) in [4.78, 5) is 2.52. The van der Waals surface area contributed by atoms with Gasteiger partial charge in [0.05, 0.1) is 6.10 Å². The van der Waals surface area contributed by atoms with Crippen LogP contribution in [-0.2, 0) is 4.74 Å². The lowest BCUT2D eigenvalue weighted by atomic mass is 9.63. The third-order valence-electron chi connectivity index (χ3n) is 5.63. The van der Waals surface area contributed by atoms with Gasteiger partial charge in [-0.1, -0.05) is 20.8 Å². The molecule has 1 heterocycles. The zero-order chi connectivity index (χ0) is 14.1. The van der Waals surface area contributed by atoms with Crippen LogP contribution in [0.5, 0.6) is 0 Å². The van der Waals surface area contributed by atoms with E-state index in [1.54, 1.807) is 0 Å². The topological polar surface area (TPSA) is 38.5 Å². The van der Waals surface area contributed by atoms with Crippen molar-refractivity contribution < 1.29 is 4.74 Å². The summed E-state index contributed by atoms with van der Waals surface area (Å²) in [7, 11) is 2.25. The monoisotopic (exact) mass is 268 g/mol. The zero-order valence-electron chi connectivity index (χ0n) is 13.2. The average Bonchev–Trinajstić information content (AvgIpc) is 2.81. The van der Waals surface area contributed by atoms with Gasteiger partial charge >= 0.3 is 0 Å². The fraction of sp³-hybridized carbons (Fsp3) is 1.00. The number of rotatable bonds is 4. The Morgan fingerprint density at radius 3 is 2.58 bits per heavy atom. The van der Waals surface area contributed by atoms with Crippen molar-refractivity contribution in [2.45, 2.75) is 64.5 Å². The van der Waals surface area contributed by atoms with Crippen LogP contribution >= 0.6 is 0 Å². The first-order valence-corrected chi connectivity index (χ1v) is 7.92. The Kier molecular flexibility index (Phi) is 4.59. The molecule has 1 saturated carbocycles. The molecule has 1 saturated heterocycles. The van der Waals surface area contributed by atoms with Crippen LogP contribution in [-0.4, -0.2) is 43.3 Å². The third-order valence-corrected chi connectivity index (χ3v) is 5.63. The zero-order valence-corrected chi connectivity index (χ0v) is 13.2. The first-order chi connectivity index (χ1) is 8.89. The molecular formula is C16H32N2O. The van der Waals surface area contributed by atoms with E-state index in [2.05, 4.69) is 32.7 Å². The van der Waals surface area contributed by atoms with E-state index in [1.807, 2.05) is 0 Å². The first kappa shape index (κ1) is 15.3. The highest BCUT2D eigenvalue weighted by Crippen LogP contribution is 2.46. The highest BCUT2D eigenvalue weighted by atomic mass is 16.5. The number of hydrogen-bond acceptors (Lipinski definition) is 3. The van der Waals surface area contributed by atoms with Crippen LogP contribution in [0, 0.1) is 11.3 Å². The second kappa shape index (κ2) is 5.71. The van der Waals surface area contributed by atoms with Crippen molar-refractivity contribution >= 4 is 0 Å². The quantitative estimate of drug-likeness (QED) is 0.852. The summed E-state index contributed by atoms with van der Waals surface area (Å²) in [5.74, 6) is 0.660. The summed E-state index contributed by atoms with van der Waals surface area (Å²) in [5.41, 5.74) is 6.87. The maximum absolute atomic E-state index is 6.21. The van der Waals surface area contributed by atoms with Crippen LogP contribution < -0.4 is 5.73 Å². The van der Waals surface area contributed by atoms with Crippen LogP contribution in [0.4, 0.5) is 0 Å². The van der Waals surface area contributed by atoms with Crippen LogP contribution in [0.2, 0.25) is 0 Å². The molecule has 0 aromatic rings. The number of nitrogens with two attached hydrogens (primary N) is 1. The molecule has 3 heteroatoms. The van der Waals surface area contributed by atoms with E-state index in [1.165, 1.54) is 32.1 Å². The summed E-state index contributed by atoms with van der Waals surface area (Å²) >= 11 is 0. The lowest BCUT2D eigenvalue weighted by molar-refractivity contribution is -0.0318. The molecule has 1 aliphatic heterocycles. The molecular weight excluding hydrogens is 236 g/mol. The second-order valence-electron chi connectivity index (χ2n) is 7.59. The van der Waals surface area contributed by atoms with Crippen molar-refractivity contribution in [2.24, 2.45) is 17.1 Å². The van der Waals surface area contributed by atoms with Gasteiger partial charge in [0, 0.05) is 25.2 Å². The summed E-state index contributed by atoms with van der Waals surface area (Å²) < 4.78 is 5.80. The van der Waals surface area contributed by atoms with E-state index in [0.29, 0.717) is 17.4 Å². The highest BCUT2D eigenvalue weighted by molar-refractivity contribution is 5.01. The molecule has 0 aromatic heterocycles. The Balaban J connectivity index is 2.04. The summed E-state index contributed by atoms with van der Waals surface area (Å²) in [5, 5.41) is 0. The van der Waals surface area contributed by atoms with E-state index in [-0.39, 0.29) is 5.54 Å². The molecule has 0 spiro atoms. The number of ether oxygens (including phenoxy) is 1. The number of nitrogens with zero attached hydrogens (tertiary/aromatic N) is 1. The minimum atomic E-state index is 0.182. The van der Waals surface area contributed by atoms with E-state index in [4.69, 9.17) is 10.5 Å². The Morgan fingerprint density at radius 2 is 2.05 bits per heavy atom. The standard InChI is InChI=1S/C16H32N2O/c1-13-10-15(2,3)7-8-16(13,12-17)18(4)11-14-6-5-9-19-14/h13-14H,5-12,17H2,1-4H3. The Labute approximate surface area is 118 Å². The first-order valence-electron chi connectivity index (χ1n) is 7.92. The van der Waals surface area contributed by atoms with Crippen molar-refractivity contribution in [1.29, 1.82) is 0 Å². The average molecular weight is 268 g/mol. The van der Waals surface area contributed by atoms with Crippen LogP contribution in [0.3, 0.4) is 0 Å². The molecule has 2 aliphatic rings. The fourth-order valence-corrected chi connectivity index (χ4v) is 4.22. The number of likely N-dealkylation sites (N-methyl/N-ethyl adjacent to an activating group) is 1. The summed E-state index contributed by atoms with van der Waals surface area (Å²) in [6.07, 6.45) is 6.64. The van der Waals surface area contributed by atoms with Gasteiger partial charge in [-0.05, 0) is 50.5 Å². The van der Waals surface area contributed by atoms with Crippen LogP contribution in [0.15, 0.2) is 0 Å². The van der Waals surface area contributed by atoms with Gasteiger partial charge in [0.25, 0.3) is 0 Å². The van der Waals surface area contributed by atoms with Gasteiger partial charge in [-0.3, -0.25) is 4.90 Å². The summed E-state index contributed by atoms with van der Waals surface area (Å²) in [6.45, 7) is 9.93. The molecule has 0 bridgehead atoms. The molecule has 0 aromatic carbocycles. The van der Waals surface area contributed by atoms with Gasteiger partial charge in [0.15, 0.2) is 0 Å². The normalized spacial score (nSPS) is 38.8. The van der Waals surface area contributed by atoms with Crippen LogP contribution in [0.1, 0.15) is 52.9 Å². The van der Waals surface area contributed by atoms with E-state index in [0.717, 1.165) is 19.7 Å². The van der Waals surface area contributed by atoms with Gasteiger partial charge in [-0.25, -0.2) is 0 Å². The molecule has 2 rings (SSSR count). The van der Waals surface area contributed by atoms with Crippen molar-refractivity contribution in [3.63, 3.8) is 0 Å². The SMILES string of the molecule is CC1CC(C)(C)CCC1(CN)N(C)CC1CCCO1. The van der Waals surface area contributed by atoms with E-state index < -0.39 is 0 Å². The molecule has 3 atom stereocenters. The largest absolute Gasteiger partial charge is 0.377 e. The Morgan fingerprint density at radius 1 is 1.32 bits per heavy atom. The molecule has 0 radical (unpaired) electrons. The van der Waals surface area contributed by atoms with Crippen LogP contribution in [0.25, 0.3) is 0 Å². The molecule has 3 unspecified atom stereocenters. The van der Waals surface area contributed by atoms with Gasteiger partial charge < -0.3 is 10.5 Å². The minimum absolute atomic E-state index is 0.182. The molecule has 112 valence electrons. The Hall–Kier alpha value is -0.120. The minimum Gasteiger partial charge on any atom is -0.377 e. The molecule has 1 aliphatic carbocycles. The third kappa shape index (κ3) is 3.14.